The maximum Gasteiger partial charge on any atom is 0.0698 e. The maximum absolute atomic E-state index is 5.36. The Hall–Kier alpha value is -0.0800. The van der Waals surface area contributed by atoms with Crippen molar-refractivity contribution in [3.05, 3.63) is 6.92 Å². The molecular formula is C10H22NO. The first kappa shape index (κ1) is 11.9. The predicted molar refractivity (Wildman–Crippen MR) is 53.2 cm³/mol. The van der Waals surface area contributed by atoms with Crippen LogP contribution < -0.4 is 0 Å². The summed E-state index contributed by atoms with van der Waals surface area (Å²) in [6, 6.07) is 0. The Morgan fingerprint density at radius 2 is 2.17 bits per heavy atom. The number of hydrogen-bond donors (Lipinski definition) is 0. The summed E-state index contributed by atoms with van der Waals surface area (Å²) < 4.78 is 5.36. The monoisotopic (exact) mass is 172 g/mol. The van der Waals surface area contributed by atoms with Gasteiger partial charge in [0, 0.05) is 13.7 Å². The molecule has 0 saturated carbocycles. The molecule has 0 bridgehead atoms. The zero-order chi connectivity index (χ0) is 9.40. The second-order valence-electron chi connectivity index (χ2n) is 3.21. The second kappa shape index (κ2) is 7.56. The lowest BCUT2D eigenvalue weighted by molar-refractivity contribution is 0.0655. The molecule has 0 rings (SSSR count). The van der Waals surface area contributed by atoms with Gasteiger partial charge >= 0.3 is 0 Å². The van der Waals surface area contributed by atoms with Gasteiger partial charge in [-0.25, -0.2) is 0 Å². The average molecular weight is 172 g/mol. The summed E-state index contributed by atoms with van der Waals surface area (Å²) >= 11 is 0. The van der Waals surface area contributed by atoms with Crippen molar-refractivity contribution in [3.63, 3.8) is 0 Å². The number of ether oxygens (including phenoxy) is 1. The minimum Gasteiger partial charge on any atom is -0.380 e. The molecule has 2 nitrogen and oxygen atoms in total. The molecular weight excluding hydrogens is 150 g/mol. The van der Waals surface area contributed by atoms with Crippen molar-refractivity contribution >= 4 is 0 Å². The molecule has 1 unspecified atom stereocenters. The first-order valence-electron chi connectivity index (χ1n) is 4.75. The van der Waals surface area contributed by atoms with Crippen LogP contribution in [-0.2, 0) is 4.74 Å². The highest BCUT2D eigenvalue weighted by atomic mass is 16.5. The van der Waals surface area contributed by atoms with Crippen molar-refractivity contribution in [1.82, 2.24) is 4.90 Å². The highest BCUT2D eigenvalue weighted by molar-refractivity contribution is 4.62. The fourth-order valence-electron chi connectivity index (χ4n) is 1.13. The number of unbranched alkanes of at least 4 members (excludes halogenated alkanes) is 1. The van der Waals surface area contributed by atoms with Gasteiger partial charge in [-0.15, -0.1) is 0 Å². The van der Waals surface area contributed by atoms with Gasteiger partial charge in [0.25, 0.3) is 0 Å². The molecule has 0 aliphatic heterocycles. The van der Waals surface area contributed by atoms with Crippen molar-refractivity contribution in [3.8, 4) is 0 Å². The normalized spacial score (nSPS) is 13.8. The van der Waals surface area contributed by atoms with Gasteiger partial charge in [-0.05, 0) is 20.0 Å². The van der Waals surface area contributed by atoms with Gasteiger partial charge in [-0.1, -0.05) is 26.7 Å². The van der Waals surface area contributed by atoms with Gasteiger partial charge in [0.05, 0.1) is 6.10 Å². The zero-order valence-electron chi connectivity index (χ0n) is 8.68. The summed E-state index contributed by atoms with van der Waals surface area (Å²) in [7, 11) is 3.91. The molecule has 0 amide bonds. The molecule has 0 aliphatic carbocycles. The summed E-state index contributed by atoms with van der Waals surface area (Å²) in [5.74, 6) is 0. The fourth-order valence-corrected chi connectivity index (χ4v) is 1.13. The fraction of sp³-hybridized carbons (Fsp3) is 0.900. The molecule has 0 saturated heterocycles. The van der Waals surface area contributed by atoms with E-state index < -0.39 is 0 Å². The van der Waals surface area contributed by atoms with E-state index in [0.717, 1.165) is 32.4 Å². The van der Waals surface area contributed by atoms with Crippen LogP contribution >= 0.6 is 0 Å². The van der Waals surface area contributed by atoms with E-state index in [-0.39, 0.29) is 0 Å². The summed E-state index contributed by atoms with van der Waals surface area (Å²) in [5, 5.41) is 0. The van der Waals surface area contributed by atoms with Gasteiger partial charge in [0.1, 0.15) is 0 Å². The molecule has 73 valence electrons. The Morgan fingerprint density at radius 3 is 2.58 bits per heavy atom. The molecule has 0 N–H and O–H groups in total. The van der Waals surface area contributed by atoms with Crippen molar-refractivity contribution in [2.45, 2.75) is 32.3 Å². The van der Waals surface area contributed by atoms with Gasteiger partial charge in [0.2, 0.25) is 0 Å². The molecule has 0 aromatic carbocycles. The predicted octanol–water partition coefficient (Wildman–Crippen LogP) is 1.96. The summed E-state index contributed by atoms with van der Waals surface area (Å²) in [5.41, 5.74) is 0. The molecule has 0 aromatic heterocycles. The molecule has 1 atom stereocenters. The molecule has 2 heteroatoms. The third-order valence-corrected chi connectivity index (χ3v) is 2.16. The van der Waals surface area contributed by atoms with Gasteiger partial charge in [-0.2, -0.15) is 0 Å². The first-order valence-corrected chi connectivity index (χ1v) is 4.75. The Balaban J connectivity index is 3.51. The van der Waals surface area contributed by atoms with Crippen LogP contribution in [0.2, 0.25) is 0 Å². The smallest absolute Gasteiger partial charge is 0.0698 e. The summed E-state index contributed by atoms with van der Waals surface area (Å²) in [4.78, 5) is 2.28. The van der Waals surface area contributed by atoms with Crippen LogP contribution in [0.3, 0.4) is 0 Å². The van der Waals surface area contributed by atoms with Crippen LogP contribution in [0.4, 0.5) is 0 Å². The number of hydrogen-bond acceptors (Lipinski definition) is 2. The van der Waals surface area contributed by atoms with E-state index in [2.05, 4.69) is 25.8 Å². The van der Waals surface area contributed by atoms with E-state index in [1.54, 1.807) is 7.11 Å². The third-order valence-electron chi connectivity index (χ3n) is 2.16. The molecule has 1 radical (unpaired) electrons. The number of likely N-dealkylation sites (N-methyl/N-ethyl adjacent to an activating group) is 1. The van der Waals surface area contributed by atoms with Crippen LogP contribution in [0, 0.1) is 6.92 Å². The van der Waals surface area contributed by atoms with Crippen LogP contribution in [0.25, 0.3) is 0 Å². The Kier molecular flexibility index (Phi) is 7.51. The molecule has 0 aromatic rings. The van der Waals surface area contributed by atoms with E-state index in [4.69, 9.17) is 4.74 Å². The van der Waals surface area contributed by atoms with E-state index in [1.807, 2.05) is 0 Å². The lowest BCUT2D eigenvalue weighted by atomic mass is 10.1. The minimum atomic E-state index is 0.386. The topological polar surface area (TPSA) is 12.5 Å². The van der Waals surface area contributed by atoms with E-state index in [9.17, 15) is 0 Å². The van der Waals surface area contributed by atoms with Crippen molar-refractivity contribution in [2.24, 2.45) is 0 Å². The molecule has 0 spiro atoms. The van der Waals surface area contributed by atoms with Crippen molar-refractivity contribution in [2.75, 3.05) is 27.2 Å². The maximum atomic E-state index is 5.36. The van der Waals surface area contributed by atoms with E-state index in [1.165, 1.54) is 0 Å². The Labute approximate surface area is 76.9 Å². The summed E-state index contributed by atoms with van der Waals surface area (Å²) in [6.45, 7) is 8.11. The third kappa shape index (κ3) is 5.56. The summed E-state index contributed by atoms with van der Waals surface area (Å²) in [6.07, 6.45) is 3.69. The van der Waals surface area contributed by atoms with Crippen LogP contribution in [0.15, 0.2) is 0 Å². The zero-order valence-corrected chi connectivity index (χ0v) is 8.68. The van der Waals surface area contributed by atoms with Crippen LogP contribution in [0.5, 0.6) is 0 Å². The SMILES string of the molecule is [CH2]CCCC(CN(C)CC)OC. The van der Waals surface area contributed by atoms with Crippen molar-refractivity contribution in [1.29, 1.82) is 0 Å². The van der Waals surface area contributed by atoms with Gasteiger partial charge < -0.3 is 9.64 Å². The highest BCUT2D eigenvalue weighted by Crippen LogP contribution is 2.04. The van der Waals surface area contributed by atoms with Gasteiger partial charge in [-0.3, -0.25) is 0 Å². The van der Waals surface area contributed by atoms with E-state index in [0.29, 0.717) is 6.10 Å². The lowest BCUT2D eigenvalue weighted by Gasteiger charge is -2.21. The average Bonchev–Trinajstić information content (AvgIpc) is 2.11. The molecule has 0 fully saturated rings. The Morgan fingerprint density at radius 1 is 1.50 bits per heavy atom. The molecule has 12 heavy (non-hydrogen) atoms. The van der Waals surface area contributed by atoms with Gasteiger partial charge in [0.15, 0.2) is 0 Å². The second-order valence-corrected chi connectivity index (χ2v) is 3.21. The highest BCUT2D eigenvalue weighted by Gasteiger charge is 2.08. The quantitative estimate of drug-likeness (QED) is 0.582. The van der Waals surface area contributed by atoms with Crippen LogP contribution in [0.1, 0.15) is 26.2 Å². The standard InChI is InChI=1S/C10H22NO/c1-5-7-8-10(12-4)9-11(3)6-2/h10H,1,5-9H2,2-4H3. The number of rotatable bonds is 7. The van der Waals surface area contributed by atoms with Crippen molar-refractivity contribution < 1.29 is 4.74 Å². The molecule has 0 heterocycles. The Bertz CT molecular complexity index is 95.8. The number of methoxy groups -OCH3 is 1. The van der Waals surface area contributed by atoms with E-state index >= 15 is 0 Å². The van der Waals surface area contributed by atoms with Crippen LogP contribution in [-0.4, -0.2) is 38.3 Å². The molecule has 0 aliphatic rings. The first-order chi connectivity index (χ1) is 5.74. The number of nitrogens with zero attached hydrogens (tertiary/aromatic N) is 1. The largest absolute Gasteiger partial charge is 0.380 e. The minimum absolute atomic E-state index is 0.386. The lowest BCUT2D eigenvalue weighted by Crippen LogP contribution is -2.30.